The van der Waals surface area contributed by atoms with Crippen molar-refractivity contribution >= 4 is 34.1 Å². The van der Waals surface area contributed by atoms with Crippen LogP contribution in [0.2, 0.25) is 10.0 Å². The molecule has 0 saturated carbocycles. The van der Waals surface area contributed by atoms with Crippen molar-refractivity contribution in [2.45, 2.75) is 13.3 Å². The molecule has 0 fully saturated rings. The second-order valence-corrected chi connectivity index (χ2v) is 4.05. The number of aromatic nitrogens is 2. The van der Waals surface area contributed by atoms with Crippen LogP contribution >= 0.6 is 23.2 Å². The van der Waals surface area contributed by atoms with Gasteiger partial charge < -0.3 is 0 Å². The number of benzene rings is 1. The van der Waals surface area contributed by atoms with E-state index in [9.17, 15) is 0 Å². The summed E-state index contributed by atoms with van der Waals surface area (Å²) in [5, 5.41) is 6.74. The van der Waals surface area contributed by atoms with Gasteiger partial charge in [0.15, 0.2) is 0 Å². The zero-order valence-corrected chi connectivity index (χ0v) is 9.52. The van der Waals surface area contributed by atoms with Crippen LogP contribution in [0.15, 0.2) is 12.1 Å². The lowest BCUT2D eigenvalue weighted by molar-refractivity contribution is 0.770. The minimum absolute atomic E-state index is 0.655. The summed E-state index contributed by atoms with van der Waals surface area (Å²) < 4.78 is 1.80. The van der Waals surface area contributed by atoms with Gasteiger partial charge in [-0.05, 0) is 18.6 Å². The Labute approximate surface area is 92.4 Å². The van der Waals surface area contributed by atoms with Crippen LogP contribution in [0.5, 0.6) is 0 Å². The molecule has 74 valence electrons. The molecule has 2 rings (SSSR count). The van der Waals surface area contributed by atoms with E-state index in [0.29, 0.717) is 10.0 Å². The van der Waals surface area contributed by atoms with Crippen molar-refractivity contribution in [3.8, 4) is 0 Å². The highest BCUT2D eigenvalue weighted by atomic mass is 35.5. The molecule has 0 aliphatic rings. The van der Waals surface area contributed by atoms with Crippen molar-refractivity contribution < 1.29 is 0 Å². The van der Waals surface area contributed by atoms with Gasteiger partial charge in [-0.25, -0.2) is 0 Å². The van der Waals surface area contributed by atoms with Gasteiger partial charge in [0.2, 0.25) is 0 Å². The number of halogens is 2. The standard InChI is InChI=1S/C10H10Cl2N2/c1-3-9-7-4-6(11)5-8(12)10(7)14(2)13-9/h4-5H,3H2,1-2H3. The maximum Gasteiger partial charge on any atom is 0.0869 e. The molecular weight excluding hydrogens is 219 g/mol. The van der Waals surface area contributed by atoms with Gasteiger partial charge in [-0.15, -0.1) is 0 Å². The average molecular weight is 229 g/mol. The van der Waals surface area contributed by atoms with E-state index in [0.717, 1.165) is 23.0 Å². The predicted molar refractivity (Wildman–Crippen MR) is 60.1 cm³/mol. The number of hydrogen-bond donors (Lipinski definition) is 0. The largest absolute Gasteiger partial charge is 0.266 e. The number of aryl methyl sites for hydroxylation is 2. The summed E-state index contributed by atoms with van der Waals surface area (Å²) >= 11 is 12.0. The smallest absolute Gasteiger partial charge is 0.0869 e. The van der Waals surface area contributed by atoms with E-state index in [-0.39, 0.29) is 0 Å². The molecule has 2 nitrogen and oxygen atoms in total. The van der Waals surface area contributed by atoms with Crippen LogP contribution in [0.3, 0.4) is 0 Å². The van der Waals surface area contributed by atoms with Gasteiger partial charge in [0.1, 0.15) is 0 Å². The van der Waals surface area contributed by atoms with Crippen molar-refractivity contribution in [1.82, 2.24) is 9.78 Å². The molecule has 0 aliphatic carbocycles. The molecule has 4 heteroatoms. The van der Waals surface area contributed by atoms with E-state index in [2.05, 4.69) is 12.0 Å². The fraction of sp³-hybridized carbons (Fsp3) is 0.300. The van der Waals surface area contributed by atoms with E-state index in [1.54, 1.807) is 10.7 Å². The predicted octanol–water partition coefficient (Wildman–Crippen LogP) is 3.44. The van der Waals surface area contributed by atoms with E-state index in [1.165, 1.54) is 0 Å². The number of nitrogens with zero attached hydrogens (tertiary/aromatic N) is 2. The summed E-state index contributed by atoms with van der Waals surface area (Å²) in [4.78, 5) is 0. The average Bonchev–Trinajstić information content (AvgIpc) is 2.42. The van der Waals surface area contributed by atoms with E-state index < -0.39 is 0 Å². The molecule has 0 saturated heterocycles. The van der Waals surface area contributed by atoms with Gasteiger partial charge in [0, 0.05) is 17.5 Å². The minimum atomic E-state index is 0.655. The Hall–Kier alpha value is -0.730. The highest BCUT2D eigenvalue weighted by Gasteiger charge is 2.10. The fourth-order valence-corrected chi connectivity index (χ4v) is 2.28. The summed E-state index contributed by atoms with van der Waals surface area (Å²) in [6.07, 6.45) is 0.883. The number of fused-ring (bicyclic) bond motifs is 1. The maximum atomic E-state index is 6.09. The van der Waals surface area contributed by atoms with Crippen LogP contribution in [-0.2, 0) is 13.5 Å². The first-order valence-electron chi connectivity index (χ1n) is 4.44. The van der Waals surface area contributed by atoms with Gasteiger partial charge in [-0.2, -0.15) is 5.10 Å². The van der Waals surface area contributed by atoms with Crippen molar-refractivity contribution in [3.05, 3.63) is 27.9 Å². The Morgan fingerprint density at radius 1 is 1.36 bits per heavy atom. The zero-order chi connectivity index (χ0) is 10.3. The van der Waals surface area contributed by atoms with E-state index in [4.69, 9.17) is 23.2 Å². The summed E-state index contributed by atoms with van der Waals surface area (Å²) in [5.41, 5.74) is 1.99. The Balaban J connectivity index is 2.89. The monoisotopic (exact) mass is 228 g/mol. The van der Waals surface area contributed by atoms with Gasteiger partial charge in [-0.1, -0.05) is 30.1 Å². The van der Waals surface area contributed by atoms with Crippen LogP contribution in [0.4, 0.5) is 0 Å². The highest BCUT2D eigenvalue weighted by Crippen LogP contribution is 2.29. The third kappa shape index (κ3) is 1.39. The second-order valence-electron chi connectivity index (χ2n) is 3.21. The molecule has 14 heavy (non-hydrogen) atoms. The third-order valence-corrected chi connectivity index (χ3v) is 2.77. The van der Waals surface area contributed by atoms with Crippen molar-refractivity contribution in [2.75, 3.05) is 0 Å². The van der Waals surface area contributed by atoms with E-state index in [1.807, 2.05) is 13.1 Å². The Morgan fingerprint density at radius 3 is 2.71 bits per heavy atom. The summed E-state index contributed by atoms with van der Waals surface area (Å²) in [6.45, 7) is 2.07. The first kappa shape index (κ1) is 9.81. The molecule has 0 bridgehead atoms. The zero-order valence-electron chi connectivity index (χ0n) is 8.01. The van der Waals surface area contributed by atoms with Crippen LogP contribution in [-0.4, -0.2) is 9.78 Å². The molecular formula is C10H10Cl2N2. The Bertz CT molecular complexity index is 488. The summed E-state index contributed by atoms with van der Waals surface area (Å²) in [6, 6.07) is 3.65. The van der Waals surface area contributed by atoms with Crippen LogP contribution < -0.4 is 0 Å². The van der Waals surface area contributed by atoms with Crippen molar-refractivity contribution in [2.24, 2.45) is 7.05 Å². The van der Waals surface area contributed by atoms with Crippen molar-refractivity contribution in [1.29, 1.82) is 0 Å². The van der Waals surface area contributed by atoms with E-state index >= 15 is 0 Å². The third-order valence-electron chi connectivity index (χ3n) is 2.27. The minimum Gasteiger partial charge on any atom is -0.266 e. The molecule has 1 aromatic carbocycles. The molecule has 0 spiro atoms. The first-order valence-corrected chi connectivity index (χ1v) is 5.19. The molecule has 2 aromatic rings. The maximum absolute atomic E-state index is 6.09. The lowest BCUT2D eigenvalue weighted by Crippen LogP contribution is -1.90. The van der Waals surface area contributed by atoms with Gasteiger partial charge in [0.25, 0.3) is 0 Å². The van der Waals surface area contributed by atoms with Gasteiger partial charge in [-0.3, -0.25) is 4.68 Å². The summed E-state index contributed by atoms with van der Waals surface area (Å²) in [5.74, 6) is 0. The lowest BCUT2D eigenvalue weighted by atomic mass is 10.2. The first-order chi connectivity index (χ1) is 6.63. The Kier molecular flexibility index (Phi) is 2.41. The normalized spacial score (nSPS) is 11.1. The van der Waals surface area contributed by atoms with Gasteiger partial charge in [0.05, 0.1) is 16.2 Å². The topological polar surface area (TPSA) is 17.8 Å². The molecule has 1 aromatic heterocycles. The quantitative estimate of drug-likeness (QED) is 0.732. The SMILES string of the molecule is CCc1nn(C)c2c(Cl)cc(Cl)cc12. The van der Waals surface area contributed by atoms with Crippen LogP contribution in [0, 0.1) is 0 Å². The fourth-order valence-electron chi connectivity index (χ4n) is 1.66. The van der Waals surface area contributed by atoms with Crippen molar-refractivity contribution in [3.63, 3.8) is 0 Å². The number of rotatable bonds is 1. The molecule has 0 unspecified atom stereocenters. The molecule has 0 radical (unpaired) electrons. The molecule has 1 heterocycles. The second kappa shape index (κ2) is 3.44. The van der Waals surface area contributed by atoms with Crippen LogP contribution in [0.25, 0.3) is 10.9 Å². The molecule has 0 N–H and O–H groups in total. The molecule has 0 amide bonds. The molecule has 0 aliphatic heterocycles. The van der Waals surface area contributed by atoms with Crippen LogP contribution in [0.1, 0.15) is 12.6 Å². The lowest BCUT2D eigenvalue weighted by Gasteiger charge is -1.98. The van der Waals surface area contributed by atoms with Gasteiger partial charge >= 0.3 is 0 Å². The molecule has 0 atom stereocenters. The Morgan fingerprint density at radius 2 is 2.07 bits per heavy atom. The number of hydrogen-bond acceptors (Lipinski definition) is 1. The summed E-state index contributed by atoms with van der Waals surface area (Å²) in [7, 11) is 1.89. The highest BCUT2D eigenvalue weighted by molar-refractivity contribution is 6.38.